The molecule has 0 heterocycles. The summed E-state index contributed by atoms with van der Waals surface area (Å²) in [5, 5.41) is 18.7. The number of benzene rings is 1. The number of hydrogen-bond acceptors (Lipinski definition) is 2. The SMILES string of the molecule is CCCCCCCCCCCCCCCCCCCCCCCCc1ccc(O)c(C(=O)O)c1. The molecular weight excluding hydrogens is 420 g/mol. The van der Waals surface area contributed by atoms with E-state index in [-0.39, 0.29) is 11.3 Å². The zero-order valence-corrected chi connectivity index (χ0v) is 22.3. The van der Waals surface area contributed by atoms with E-state index in [1.165, 1.54) is 141 Å². The van der Waals surface area contributed by atoms with Crippen molar-refractivity contribution in [2.75, 3.05) is 0 Å². The van der Waals surface area contributed by atoms with Crippen LogP contribution in [0, 0.1) is 0 Å². The molecule has 3 nitrogen and oxygen atoms in total. The zero-order valence-electron chi connectivity index (χ0n) is 22.3. The molecule has 0 aliphatic rings. The molecule has 0 bridgehead atoms. The van der Waals surface area contributed by atoms with Crippen molar-refractivity contribution in [3.63, 3.8) is 0 Å². The smallest absolute Gasteiger partial charge is 0.339 e. The van der Waals surface area contributed by atoms with E-state index >= 15 is 0 Å². The number of hydrogen-bond donors (Lipinski definition) is 2. The minimum Gasteiger partial charge on any atom is -0.507 e. The summed E-state index contributed by atoms with van der Waals surface area (Å²) in [5.41, 5.74) is 1.01. The lowest BCUT2D eigenvalue weighted by Crippen LogP contribution is -1.98. The lowest BCUT2D eigenvalue weighted by molar-refractivity contribution is 0.0693. The van der Waals surface area contributed by atoms with Gasteiger partial charge in [-0.15, -0.1) is 0 Å². The molecule has 1 aromatic rings. The standard InChI is InChI=1S/C31H54O3/c1-2-3-4-5-6-7-8-9-10-11-12-13-14-15-16-17-18-19-20-21-22-23-24-28-25-26-30(32)29(27-28)31(33)34/h25-27,32H,2-24H2,1H3,(H,33,34). The second-order valence-corrected chi connectivity index (χ2v) is 10.3. The highest BCUT2D eigenvalue weighted by molar-refractivity contribution is 5.90. The Morgan fingerprint density at radius 2 is 0.941 bits per heavy atom. The first kappa shape index (κ1) is 30.5. The average Bonchev–Trinajstić information content (AvgIpc) is 2.83. The first-order valence-electron chi connectivity index (χ1n) is 14.7. The van der Waals surface area contributed by atoms with E-state index in [9.17, 15) is 9.90 Å². The van der Waals surface area contributed by atoms with Gasteiger partial charge in [-0.05, 0) is 30.5 Å². The Hall–Kier alpha value is -1.51. The molecule has 0 amide bonds. The largest absolute Gasteiger partial charge is 0.507 e. The van der Waals surface area contributed by atoms with Crippen molar-refractivity contribution in [3.8, 4) is 5.75 Å². The normalized spacial score (nSPS) is 11.2. The number of carbonyl (C=O) groups is 1. The van der Waals surface area contributed by atoms with Crippen LogP contribution in [0.15, 0.2) is 18.2 Å². The topological polar surface area (TPSA) is 57.5 Å². The van der Waals surface area contributed by atoms with Crippen molar-refractivity contribution >= 4 is 5.97 Å². The zero-order chi connectivity index (χ0) is 24.7. The van der Waals surface area contributed by atoms with Gasteiger partial charge in [0.2, 0.25) is 0 Å². The average molecular weight is 475 g/mol. The Labute approximate surface area is 210 Å². The van der Waals surface area contributed by atoms with Gasteiger partial charge in [-0.25, -0.2) is 4.79 Å². The molecule has 1 rings (SSSR count). The fourth-order valence-electron chi connectivity index (χ4n) is 4.85. The third-order valence-corrected chi connectivity index (χ3v) is 7.11. The third kappa shape index (κ3) is 17.0. The molecule has 0 aromatic heterocycles. The maximum atomic E-state index is 11.1. The molecule has 0 atom stereocenters. The molecule has 0 aliphatic carbocycles. The molecule has 34 heavy (non-hydrogen) atoms. The monoisotopic (exact) mass is 474 g/mol. The number of carboxylic acids is 1. The van der Waals surface area contributed by atoms with Gasteiger partial charge in [0.1, 0.15) is 11.3 Å². The Balaban J connectivity index is 1.78. The molecule has 0 aliphatic heterocycles. The number of phenols is 1. The van der Waals surface area contributed by atoms with Crippen LogP contribution < -0.4 is 0 Å². The van der Waals surface area contributed by atoms with Gasteiger partial charge in [-0.1, -0.05) is 148 Å². The molecule has 0 radical (unpaired) electrons. The van der Waals surface area contributed by atoms with Gasteiger partial charge in [0.15, 0.2) is 0 Å². The van der Waals surface area contributed by atoms with Gasteiger partial charge in [-0.2, -0.15) is 0 Å². The van der Waals surface area contributed by atoms with E-state index in [2.05, 4.69) is 6.92 Å². The summed E-state index contributed by atoms with van der Waals surface area (Å²) in [6.07, 6.45) is 31.4. The summed E-state index contributed by atoms with van der Waals surface area (Å²) < 4.78 is 0. The Bertz CT molecular complexity index is 611. The molecule has 196 valence electrons. The van der Waals surface area contributed by atoms with E-state index in [1.807, 2.05) is 6.07 Å². The summed E-state index contributed by atoms with van der Waals surface area (Å²) >= 11 is 0. The molecule has 1 aromatic carbocycles. The Morgan fingerprint density at radius 1 is 0.588 bits per heavy atom. The van der Waals surface area contributed by atoms with Crippen LogP contribution in [0.25, 0.3) is 0 Å². The molecular formula is C31H54O3. The van der Waals surface area contributed by atoms with E-state index in [1.54, 1.807) is 6.07 Å². The summed E-state index contributed by atoms with van der Waals surface area (Å²) in [5.74, 6) is -1.21. The molecule has 0 unspecified atom stereocenters. The molecule has 0 fully saturated rings. The summed E-state index contributed by atoms with van der Waals surface area (Å²) in [6.45, 7) is 2.29. The van der Waals surface area contributed by atoms with Crippen molar-refractivity contribution in [3.05, 3.63) is 29.3 Å². The predicted octanol–water partition coefficient (Wildman–Crippen LogP) is 10.2. The second-order valence-electron chi connectivity index (χ2n) is 10.3. The first-order chi connectivity index (χ1) is 16.6. The predicted molar refractivity (Wildman–Crippen MR) is 146 cm³/mol. The summed E-state index contributed by atoms with van der Waals surface area (Å²) in [6, 6.07) is 4.94. The van der Waals surface area contributed by atoms with Crippen molar-refractivity contribution < 1.29 is 15.0 Å². The Kier molecular flexibility index (Phi) is 19.7. The molecule has 0 saturated heterocycles. The molecule has 0 spiro atoms. The number of unbranched alkanes of at least 4 members (excludes halogenated alkanes) is 21. The first-order valence-corrected chi connectivity index (χ1v) is 14.7. The quantitative estimate of drug-likeness (QED) is 0.146. The lowest BCUT2D eigenvalue weighted by atomic mass is 10.0. The van der Waals surface area contributed by atoms with Crippen LogP contribution in [0.3, 0.4) is 0 Å². The van der Waals surface area contributed by atoms with Crippen molar-refractivity contribution in [2.45, 2.75) is 155 Å². The number of carboxylic acid groups (broad SMARTS) is 1. The maximum absolute atomic E-state index is 11.1. The van der Waals surface area contributed by atoms with E-state index in [0.717, 1.165) is 18.4 Å². The lowest BCUT2D eigenvalue weighted by Gasteiger charge is -2.06. The minimum absolute atomic E-state index is 0.0105. The highest BCUT2D eigenvalue weighted by Gasteiger charge is 2.09. The van der Waals surface area contributed by atoms with Crippen LogP contribution in [0.1, 0.15) is 164 Å². The maximum Gasteiger partial charge on any atom is 0.339 e. The van der Waals surface area contributed by atoms with Crippen molar-refractivity contribution in [1.29, 1.82) is 0 Å². The van der Waals surface area contributed by atoms with Gasteiger partial charge < -0.3 is 10.2 Å². The number of aromatic hydroxyl groups is 1. The van der Waals surface area contributed by atoms with E-state index in [0.29, 0.717) is 0 Å². The fraction of sp³-hybridized carbons (Fsp3) is 0.774. The van der Waals surface area contributed by atoms with E-state index in [4.69, 9.17) is 5.11 Å². The number of rotatable bonds is 24. The molecule has 3 heteroatoms. The van der Waals surface area contributed by atoms with Crippen LogP contribution >= 0.6 is 0 Å². The van der Waals surface area contributed by atoms with Gasteiger partial charge in [0.25, 0.3) is 0 Å². The minimum atomic E-state index is -1.06. The van der Waals surface area contributed by atoms with Crippen molar-refractivity contribution in [1.82, 2.24) is 0 Å². The second kappa shape index (κ2) is 22.0. The van der Waals surface area contributed by atoms with Gasteiger partial charge in [0, 0.05) is 0 Å². The van der Waals surface area contributed by atoms with Crippen LogP contribution in [-0.2, 0) is 6.42 Å². The third-order valence-electron chi connectivity index (χ3n) is 7.11. The van der Waals surface area contributed by atoms with Gasteiger partial charge in [-0.3, -0.25) is 0 Å². The van der Waals surface area contributed by atoms with Gasteiger partial charge >= 0.3 is 5.97 Å². The highest BCUT2D eigenvalue weighted by Crippen LogP contribution is 2.20. The summed E-state index contributed by atoms with van der Waals surface area (Å²) in [4.78, 5) is 11.1. The number of aromatic carboxylic acids is 1. The van der Waals surface area contributed by atoms with E-state index < -0.39 is 5.97 Å². The van der Waals surface area contributed by atoms with Crippen LogP contribution in [0.2, 0.25) is 0 Å². The van der Waals surface area contributed by atoms with Crippen LogP contribution in [0.5, 0.6) is 5.75 Å². The van der Waals surface area contributed by atoms with Crippen LogP contribution in [0.4, 0.5) is 0 Å². The fourth-order valence-corrected chi connectivity index (χ4v) is 4.85. The van der Waals surface area contributed by atoms with Crippen molar-refractivity contribution in [2.24, 2.45) is 0 Å². The summed E-state index contributed by atoms with van der Waals surface area (Å²) in [7, 11) is 0. The number of aryl methyl sites for hydroxylation is 1. The molecule has 0 saturated carbocycles. The van der Waals surface area contributed by atoms with Crippen LogP contribution in [-0.4, -0.2) is 16.2 Å². The Morgan fingerprint density at radius 3 is 1.29 bits per heavy atom. The molecule has 2 N–H and O–H groups in total. The highest BCUT2D eigenvalue weighted by atomic mass is 16.4. The van der Waals surface area contributed by atoms with Gasteiger partial charge in [0.05, 0.1) is 0 Å².